The lowest BCUT2D eigenvalue weighted by molar-refractivity contribution is 0.865. The van der Waals surface area contributed by atoms with Crippen LogP contribution in [-0.2, 0) is 6.54 Å². The Hall–Kier alpha value is -1.94. The molecule has 0 aliphatic heterocycles. The number of nitrogens with zero attached hydrogens (tertiary/aromatic N) is 3. The molecule has 0 aliphatic rings. The fourth-order valence-electron chi connectivity index (χ4n) is 2.46. The summed E-state index contributed by atoms with van der Waals surface area (Å²) in [4.78, 5) is 2.13. The Labute approximate surface area is 132 Å². The topological polar surface area (TPSA) is 29.0 Å². The predicted molar refractivity (Wildman–Crippen MR) is 90.5 cm³/mol. The van der Waals surface area contributed by atoms with Crippen LogP contribution in [0.1, 0.15) is 11.3 Å². The number of hydrogen-bond donors (Lipinski definition) is 0. The highest BCUT2D eigenvalue weighted by Gasteiger charge is 2.11. The molecule has 1 aromatic heterocycles. The number of aryl methyl sites for hydroxylation is 1. The van der Waals surface area contributed by atoms with Gasteiger partial charge in [0.05, 0.1) is 5.69 Å². The molecule has 0 atom stereocenters. The second-order valence-corrected chi connectivity index (χ2v) is 5.96. The first-order valence-electron chi connectivity index (χ1n) is 6.83. The largest absolute Gasteiger partial charge is 0.353 e. The lowest BCUT2D eigenvalue weighted by atomic mass is 10.1. The Morgan fingerprint density at radius 2 is 1.62 bits per heavy atom. The summed E-state index contributed by atoms with van der Waals surface area (Å²) in [5, 5.41) is 11.0. The second-order valence-electron chi connectivity index (χ2n) is 5.10. The minimum Gasteiger partial charge on any atom is -0.353 e. The van der Waals surface area contributed by atoms with Crippen molar-refractivity contribution >= 4 is 32.5 Å². The number of benzene rings is 2. The van der Waals surface area contributed by atoms with Crippen LogP contribution in [0.15, 0.2) is 53.0 Å². The van der Waals surface area contributed by atoms with Crippen LogP contribution in [0.25, 0.3) is 10.8 Å². The van der Waals surface area contributed by atoms with Gasteiger partial charge in [-0.25, -0.2) is 0 Å². The maximum absolute atomic E-state index is 4.39. The molecule has 3 aromatic rings. The van der Waals surface area contributed by atoms with Crippen LogP contribution < -0.4 is 4.90 Å². The van der Waals surface area contributed by atoms with Crippen molar-refractivity contribution in [3.63, 3.8) is 0 Å². The fraction of sp³-hybridized carbons (Fsp3) is 0.176. The van der Waals surface area contributed by atoms with Crippen molar-refractivity contribution in [1.29, 1.82) is 0 Å². The first kappa shape index (κ1) is 14.0. The molecule has 4 heteroatoms. The van der Waals surface area contributed by atoms with E-state index in [0.717, 1.165) is 33.3 Å². The van der Waals surface area contributed by atoms with Crippen LogP contribution in [0.3, 0.4) is 0 Å². The predicted octanol–water partition coefficient (Wildman–Crippen LogP) is 4.34. The van der Waals surface area contributed by atoms with Crippen molar-refractivity contribution in [2.75, 3.05) is 11.9 Å². The average molecular weight is 342 g/mol. The molecular weight excluding hydrogens is 326 g/mol. The molecular formula is C17H16BrN3. The van der Waals surface area contributed by atoms with Crippen LogP contribution >= 0.6 is 15.9 Å². The van der Waals surface area contributed by atoms with E-state index in [2.05, 4.69) is 55.3 Å². The quantitative estimate of drug-likeness (QED) is 0.709. The van der Waals surface area contributed by atoms with Gasteiger partial charge in [-0.15, -0.1) is 5.10 Å². The molecule has 2 aromatic carbocycles. The summed E-state index contributed by atoms with van der Waals surface area (Å²) in [6, 6.07) is 16.5. The van der Waals surface area contributed by atoms with Gasteiger partial charge < -0.3 is 4.90 Å². The Kier molecular flexibility index (Phi) is 3.88. The summed E-state index contributed by atoms with van der Waals surface area (Å²) >= 11 is 3.60. The highest BCUT2D eigenvalue weighted by Crippen LogP contribution is 2.26. The van der Waals surface area contributed by atoms with E-state index in [1.807, 2.05) is 38.2 Å². The summed E-state index contributed by atoms with van der Waals surface area (Å²) in [7, 11) is 2.05. The number of halogens is 1. The molecule has 0 fully saturated rings. The van der Waals surface area contributed by atoms with Crippen LogP contribution in [0.4, 0.5) is 5.82 Å². The van der Waals surface area contributed by atoms with Crippen molar-refractivity contribution in [2.45, 2.75) is 13.5 Å². The number of rotatable bonds is 3. The van der Waals surface area contributed by atoms with Crippen LogP contribution in [-0.4, -0.2) is 17.2 Å². The summed E-state index contributed by atoms with van der Waals surface area (Å²) in [5.74, 6) is 0.909. The van der Waals surface area contributed by atoms with E-state index in [1.165, 1.54) is 5.56 Å². The summed E-state index contributed by atoms with van der Waals surface area (Å²) < 4.78 is 1.11. The molecule has 106 valence electrons. The Balaban J connectivity index is 2.01. The first-order valence-corrected chi connectivity index (χ1v) is 7.62. The third kappa shape index (κ3) is 2.76. The third-order valence-corrected chi connectivity index (χ3v) is 4.35. The van der Waals surface area contributed by atoms with E-state index in [-0.39, 0.29) is 0 Å². The van der Waals surface area contributed by atoms with Crippen LogP contribution in [0.5, 0.6) is 0 Å². The van der Waals surface area contributed by atoms with E-state index in [9.17, 15) is 0 Å². The van der Waals surface area contributed by atoms with Crippen molar-refractivity contribution in [1.82, 2.24) is 10.2 Å². The summed E-state index contributed by atoms with van der Waals surface area (Å²) in [6.45, 7) is 2.77. The number of fused-ring (bicyclic) bond motifs is 1. The maximum Gasteiger partial charge on any atom is 0.159 e. The van der Waals surface area contributed by atoms with Crippen LogP contribution in [0.2, 0.25) is 0 Å². The molecule has 0 radical (unpaired) electrons. The lowest BCUT2D eigenvalue weighted by Gasteiger charge is -2.20. The van der Waals surface area contributed by atoms with Gasteiger partial charge in [-0.05, 0) is 18.6 Å². The van der Waals surface area contributed by atoms with Gasteiger partial charge in [-0.1, -0.05) is 58.4 Å². The molecule has 0 saturated heterocycles. The van der Waals surface area contributed by atoms with Gasteiger partial charge in [0.2, 0.25) is 0 Å². The zero-order valence-electron chi connectivity index (χ0n) is 12.0. The van der Waals surface area contributed by atoms with E-state index >= 15 is 0 Å². The highest BCUT2D eigenvalue weighted by molar-refractivity contribution is 9.10. The number of aromatic nitrogens is 2. The van der Waals surface area contributed by atoms with Crippen LogP contribution in [0, 0.1) is 6.92 Å². The molecule has 0 spiro atoms. The zero-order chi connectivity index (χ0) is 14.8. The molecule has 3 rings (SSSR count). The number of hydrogen-bond acceptors (Lipinski definition) is 3. The molecule has 0 aliphatic carbocycles. The van der Waals surface area contributed by atoms with Gasteiger partial charge >= 0.3 is 0 Å². The van der Waals surface area contributed by atoms with Gasteiger partial charge in [-0.2, -0.15) is 5.10 Å². The van der Waals surface area contributed by atoms with E-state index in [4.69, 9.17) is 0 Å². The second kappa shape index (κ2) is 5.82. The Morgan fingerprint density at radius 3 is 2.38 bits per heavy atom. The average Bonchev–Trinajstić information content (AvgIpc) is 2.50. The van der Waals surface area contributed by atoms with E-state index in [0.29, 0.717) is 0 Å². The van der Waals surface area contributed by atoms with E-state index < -0.39 is 0 Å². The monoisotopic (exact) mass is 341 g/mol. The van der Waals surface area contributed by atoms with Gasteiger partial charge in [-0.3, -0.25) is 0 Å². The zero-order valence-corrected chi connectivity index (χ0v) is 13.6. The minimum absolute atomic E-state index is 0.781. The summed E-state index contributed by atoms with van der Waals surface area (Å²) in [6.07, 6.45) is 0. The van der Waals surface area contributed by atoms with Gasteiger partial charge in [0.15, 0.2) is 5.82 Å². The van der Waals surface area contributed by atoms with Crippen molar-refractivity contribution in [3.8, 4) is 0 Å². The molecule has 0 unspecified atom stereocenters. The van der Waals surface area contributed by atoms with Crippen molar-refractivity contribution < 1.29 is 0 Å². The Bertz CT molecular complexity index is 786. The number of anilines is 1. The first-order chi connectivity index (χ1) is 10.2. The van der Waals surface area contributed by atoms with Crippen molar-refractivity contribution in [3.05, 3.63) is 64.3 Å². The molecule has 1 heterocycles. The van der Waals surface area contributed by atoms with E-state index in [1.54, 1.807) is 0 Å². The van der Waals surface area contributed by atoms with Gasteiger partial charge in [0.25, 0.3) is 0 Å². The van der Waals surface area contributed by atoms with Gasteiger partial charge in [0.1, 0.15) is 0 Å². The van der Waals surface area contributed by atoms with Crippen molar-refractivity contribution in [2.24, 2.45) is 0 Å². The lowest BCUT2D eigenvalue weighted by Crippen LogP contribution is -2.19. The smallest absolute Gasteiger partial charge is 0.159 e. The molecule has 0 saturated carbocycles. The van der Waals surface area contributed by atoms with Gasteiger partial charge in [0, 0.05) is 28.8 Å². The maximum atomic E-state index is 4.39. The minimum atomic E-state index is 0.781. The third-order valence-electron chi connectivity index (χ3n) is 3.58. The standard InChI is InChI=1S/C17H16BrN3/c1-12-14-8-4-5-9-15(14)17(20-19-12)21(2)11-13-7-3-6-10-16(13)18/h3-10H,11H2,1-2H3. The molecule has 21 heavy (non-hydrogen) atoms. The summed E-state index contributed by atoms with van der Waals surface area (Å²) in [5.41, 5.74) is 2.19. The normalized spacial score (nSPS) is 10.8. The SMILES string of the molecule is Cc1nnc(N(C)Cc2ccccc2Br)c2ccccc12. The molecule has 3 nitrogen and oxygen atoms in total. The fourth-order valence-corrected chi connectivity index (χ4v) is 2.87. The Morgan fingerprint density at radius 1 is 0.952 bits per heavy atom. The highest BCUT2D eigenvalue weighted by atomic mass is 79.9. The molecule has 0 bridgehead atoms. The molecule has 0 N–H and O–H groups in total. The molecule has 0 amide bonds.